The van der Waals surface area contributed by atoms with Crippen molar-refractivity contribution in [3.63, 3.8) is 0 Å². The van der Waals surface area contributed by atoms with Gasteiger partial charge in [0.1, 0.15) is 0 Å². The lowest BCUT2D eigenvalue weighted by Gasteiger charge is -2.16. The fourth-order valence-electron chi connectivity index (χ4n) is 2.81. The van der Waals surface area contributed by atoms with Gasteiger partial charge in [0.15, 0.2) is 0 Å². The highest BCUT2D eigenvalue weighted by Crippen LogP contribution is 2.26. The molecule has 1 aromatic heterocycles. The van der Waals surface area contributed by atoms with Gasteiger partial charge in [0.05, 0.1) is 10.4 Å². The molecule has 0 spiro atoms. The summed E-state index contributed by atoms with van der Waals surface area (Å²) in [7, 11) is 0. The number of carbonyl (C=O) groups is 2. The Hall–Kier alpha value is -1.85. The number of nitrogens with zero attached hydrogens (tertiary/aromatic N) is 1. The molecule has 1 aliphatic rings. The molecule has 1 N–H and O–H groups in total. The maximum absolute atomic E-state index is 12.5. The third-order valence-electron chi connectivity index (χ3n) is 4.10. The number of halogens is 1. The van der Waals surface area contributed by atoms with Crippen LogP contribution in [0.15, 0.2) is 36.4 Å². The molecule has 0 bridgehead atoms. The average Bonchev–Trinajstić information content (AvgIpc) is 3.17. The Morgan fingerprint density at radius 1 is 1.38 bits per heavy atom. The number of thiophene rings is 1. The van der Waals surface area contributed by atoms with Crippen molar-refractivity contribution < 1.29 is 9.59 Å². The lowest BCUT2D eigenvalue weighted by atomic mass is 10.1. The largest absolute Gasteiger partial charge is 0.345 e. The van der Waals surface area contributed by atoms with Gasteiger partial charge in [0.2, 0.25) is 5.91 Å². The van der Waals surface area contributed by atoms with Crippen LogP contribution < -0.4 is 5.32 Å². The van der Waals surface area contributed by atoms with Crippen LogP contribution in [0.1, 0.15) is 46.6 Å². The van der Waals surface area contributed by atoms with Gasteiger partial charge >= 0.3 is 0 Å². The highest BCUT2D eigenvalue weighted by Gasteiger charge is 2.20. The minimum atomic E-state index is -0.123. The van der Waals surface area contributed by atoms with Crippen LogP contribution >= 0.6 is 22.9 Å². The number of hydrogen-bond donors (Lipinski definition) is 1. The van der Waals surface area contributed by atoms with E-state index in [1.807, 2.05) is 42.2 Å². The molecular weight excluding hydrogens is 344 g/mol. The van der Waals surface area contributed by atoms with Gasteiger partial charge in [0.25, 0.3) is 5.91 Å². The SMILES string of the molecule is C[C@@H](NC(=O)c1cccc(CN2CCCC2=O)c1)c1ccc(Cl)s1. The van der Waals surface area contributed by atoms with Crippen molar-refractivity contribution >= 4 is 34.8 Å². The molecule has 1 atom stereocenters. The maximum atomic E-state index is 12.5. The third-order valence-corrected chi connectivity index (χ3v) is 5.52. The van der Waals surface area contributed by atoms with Crippen LogP contribution in [0.5, 0.6) is 0 Å². The number of likely N-dealkylation sites (tertiary alicyclic amines) is 1. The topological polar surface area (TPSA) is 49.4 Å². The molecule has 1 fully saturated rings. The second-order valence-corrected chi connectivity index (χ2v) is 7.70. The summed E-state index contributed by atoms with van der Waals surface area (Å²) in [5.74, 6) is 0.0645. The first-order chi connectivity index (χ1) is 11.5. The first-order valence-electron chi connectivity index (χ1n) is 7.96. The fourth-order valence-corrected chi connectivity index (χ4v) is 3.88. The van der Waals surface area contributed by atoms with Crippen LogP contribution in [0.2, 0.25) is 4.34 Å². The summed E-state index contributed by atoms with van der Waals surface area (Å²) < 4.78 is 0.711. The fraction of sp³-hybridized carbons (Fsp3) is 0.333. The van der Waals surface area contributed by atoms with Crippen molar-refractivity contribution in [2.45, 2.75) is 32.4 Å². The zero-order valence-electron chi connectivity index (χ0n) is 13.4. The first-order valence-corrected chi connectivity index (χ1v) is 9.15. The quantitative estimate of drug-likeness (QED) is 0.873. The van der Waals surface area contributed by atoms with Gasteiger partial charge in [-0.1, -0.05) is 23.7 Å². The van der Waals surface area contributed by atoms with Gasteiger partial charge in [-0.15, -0.1) is 11.3 Å². The van der Waals surface area contributed by atoms with Gasteiger partial charge in [-0.3, -0.25) is 9.59 Å². The number of carbonyl (C=O) groups excluding carboxylic acids is 2. The van der Waals surface area contributed by atoms with Crippen molar-refractivity contribution in [2.24, 2.45) is 0 Å². The summed E-state index contributed by atoms with van der Waals surface area (Å²) >= 11 is 7.41. The van der Waals surface area contributed by atoms with E-state index in [0.717, 1.165) is 23.4 Å². The first kappa shape index (κ1) is 17.0. The van der Waals surface area contributed by atoms with Crippen molar-refractivity contribution in [1.29, 1.82) is 0 Å². The van der Waals surface area contributed by atoms with Crippen LogP contribution in [0, 0.1) is 0 Å². The van der Waals surface area contributed by atoms with E-state index in [1.54, 1.807) is 6.07 Å². The number of rotatable bonds is 5. The van der Waals surface area contributed by atoms with Crippen LogP contribution in [-0.2, 0) is 11.3 Å². The molecule has 3 rings (SSSR count). The van der Waals surface area contributed by atoms with E-state index in [1.165, 1.54) is 11.3 Å². The van der Waals surface area contributed by atoms with Crippen molar-refractivity contribution in [3.05, 3.63) is 56.7 Å². The molecule has 126 valence electrons. The van der Waals surface area contributed by atoms with Gasteiger partial charge in [0, 0.05) is 30.0 Å². The van der Waals surface area contributed by atoms with Crippen LogP contribution in [0.25, 0.3) is 0 Å². The highest BCUT2D eigenvalue weighted by molar-refractivity contribution is 7.16. The second-order valence-electron chi connectivity index (χ2n) is 5.96. The molecule has 2 amide bonds. The Labute approximate surface area is 150 Å². The Morgan fingerprint density at radius 3 is 2.88 bits per heavy atom. The summed E-state index contributed by atoms with van der Waals surface area (Å²) in [6.07, 6.45) is 1.54. The average molecular weight is 363 g/mol. The minimum absolute atomic E-state index is 0.0983. The van der Waals surface area contributed by atoms with Gasteiger partial charge in [-0.2, -0.15) is 0 Å². The van der Waals surface area contributed by atoms with Gasteiger partial charge < -0.3 is 10.2 Å². The summed E-state index contributed by atoms with van der Waals surface area (Å²) in [5, 5.41) is 2.99. The molecule has 2 heterocycles. The molecule has 6 heteroatoms. The highest BCUT2D eigenvalue weighted by atomic mass is 35.5. The summed E-state index contributed by atoms with van der Waals surface area (Å²) in [6.45, 7) is 3.30. The molecule has 0 saturated carbocycles. The van der Waals surface area contributed by atoms with Crippen LogP contribution in [0.3, 0.4) is 0 Å². The number of benzene rings is 1. The Morgan fingerprint density at radius 2 is 2.21 bits per heavy atom. The molecule has 24 heavy (non-hydrogen) atoms. The standard InChI is InChI=1S/C18H19ClN2O2S/c1-12(15-7-8-16(19)24-15)20-18(23)14-5-2-4-13(10-14)11-21-9-3-6-17(21)22/h2,4-5,7-8,10,12H,3,6,9,11H2,1H3,(H,20,23)/t12-/m1/s1. The Balaban J connectivity index is 1.66. The van der Waals surface area contributed by atoms with Crippen molar-refractivity contribution in [3.8, 4) is 0 Å². The van der Waals surface area contributed by atoms with E-state index in [4.69, 9.17) is 11.6 Å². The molecule has 4 nitrogen and oxygen atoms in total. The van der Waals surface area contributed by atoms with Crippen molar-refractivity contribution in [1.82, 2.24) is 10.2 Å². The number of nitrogens with one attached hydrogen (secondary N) is 1. The second kappa shape index (κ2) is 7.36. The molecule has 0 radical (unpaired) electrons. The molecule has 1 aromatic carbocycles. The van der Waals surface area contributed by atoms with Crippen LogP contribution in [0.4, 0.5) is 0 Å². The van der Waals surface area contributed by atoms with E-state index in [0.29, 0.717) is 22.9 Å². The van der Waals surface area contributed by atoms with E-state index in [2.05, 4.69) is 5.32 Å². The zero-order chi connectivity index (χ0) is 17.1. The summed E-state index contributed by atoms with van der Waals surface area (Å²) in [6, 6.07) is 11.1. The molecular formula is C18H19ClN2O2S. The molecule has 0 unspecified atom stereocenters. The maximum Gasteiger partial charge on any atom is 0.251 e. The number of amides is 2. The normalized spacial score (nSPS) is 15.6. The van der Waals surface area contributed by atoms with E-state index in [9.17, 15) is 9.59 Å². The van der Waals surface area contributed by atoms with E-state index in [-0.39, 0.29) is 17.9 Å². The zero-order valence-corrected chi connectivity index (χ0v) is 15.0. The Kier molecular flexibility index (Phi) is 5.21. The minimum Gasteiger partial charge on any atom is -0.345 e. The molecule has 2 aromatic rings. The number of hydrogen-bond acceptors (Lipinski definition) is 3. The predicted octanol–water partition coefficient (Wildman–Crippen LogP) is 4.01. The molecule has 1 aliphatic heterocycles. The summed E-state index contributed by atoms with van der Waals surface area (Å²) in [5.41, 5.74) is 1.58. The Bertz CT molecular complexity index is 759. The molecule has 1 saturated heterocycles. The smallest absolute Gasteiger partial charge is 0.251 e. The van der Waals surface area contributed by atoms with Gasteiger partial charge in [-0.05, 0) is 43.2 Å². The third kappa shape index (κ3) is 3.97. The molecule has 0 aliphatic carbocycles. The van der Waals surface area contributed by atoms with E-state index >= 15 is 0 Å². The van der Waals surface area contributed by atoms with Gasteiger partial charge in [-0.25, -0.2) is 0 Å². The van der Waals surface area contributed by atoms with Crippen molar-refractivity contribution in [2.75, 3.05) is 6.54 Å². The van der Waals surface area contributed by atoms with Crippen LogP contribution in [-0.4, -0.2) is 23.3 Å². The summed E-state index contributed by atoms with van der Waals surface area (Å²) in [4.78, 5) is 27.1. The lowest BCUT2D eigenvalue weighted by molar-refractivity contribution is -0.128. The monoisotopic (exact) mass is 362 g/mol. The predicted molar refractivity (Wildman–Crippen MR) is 96.3 cm³/mol. The lowest BCUT2D eigenvalue weighted by Crippen LogP contribution is -2.27. The van der Waals surface area contributed by atoms with E-state index < -0.39 is 0 Å².